The normalized spacial score (nSPS) is 14.0. The number of nitrogens with one attached hydrogen (secondary N) is 1. The lowest BCUT2D eigenvalue weighted by Gasteiger charge is -2.28. The molecule has 0 radical (unpaired) electrons. The zero-order chi connectivity index (χ0) is 14.6. The van der Waals surface area contributed by atoms with Crippen LogP contribution in [0.5, 0.6) is 5.75 Å². The lowest BCUT2D eigenvalue weighted by atomic mass is 9.99. The van der Waals surface area contributed by atoms with Crippen molar-refractivity contribution in [2.45, 2.75) is 39.3 Å². The highest BCUT2D eigenvalue weighted by molar-refractivity contribution is 7.09. The molecule has 4 heteroatoms. The van der Waals surface area contributed by atoms with E-state index in [-0.39, 0.29) is 5.54 Å². The van der Waals surface area contributed by atoms with Crippen molar-refractivity contribution in [1.82, 2.24) is 10.3 Å². The van der Waals surface area contributed by atoms with Gasteiger partial charge in [-0.2, -0.15) is 0 Å². The predicted molar refractivity (Wildman–Crippen MR) is 84.3 cm³/mol. The zero-order valence-corrected chi connectivity index (χ0v) is 13.4. The van der Waals surface area contributed by atoms with Crippen molar-refractivity contribution in [3.05, 3.63) is 45.9 Å². The van der Waals surface area contributed by atoms with Gasteiger partial charge >= 0.3 is 0 Å². The maximum absolute atomic E-state index is 5.40. The molecule has 108 valence electrons. The first-order valence-electron chi connectivity index (χ1n) is 6.88. The van der Waals surface area contributed by atoms with Crippen LogP contribution in [0, 0.1) is 6.92 Å². The number of nitrogens with zero attached hydrogens (tertiary/aromatic N) is 1. The van der Waals surface area contributed by atoms with Crippen molar-refractivity contribution in [1.29, 1.82) is 0 Å². The summed E-state index contributed by atoms with van der Waals surface area (Å²) in [5.41, 5.74) is 2.16. The summed E-state index contributed by atoms with van der Waals surface area (Å²) >= 11 is 1.72. The Kier molecular flexibility index (Phi) is 4.78. The first-order valence-corrected chi connectivity index (χ1v) is 7.76. The van der Waals surface area contributed by atoms with Gasteiger partial charge in [0.05, 0.1) is 12.6 Å². The summed E-state index contributed by atoms with van der Waals surface area (Å²) in [6, 6.07) is 8.12. The highest BCUT2D eigenvalue weighted by Gasteiger charge is 2.27. The van der Waals surface area contributed by atoms with Gasteiger partial charge in [-0.05, 0) is 26.3 Å². The first-order chi connectivity index (χ1) is 9.59. The van der Waals surface area contributed by atoms with Crippen molar-refractivity contribution in [3.8, 4) is 5.75 Å². The Balaban J connectivity index is 2.15. The topological polar surface area (TPSA) is 34.1 Å². The monoisotopic (exact) mass is 290 g/mol. The summed E-state index contributed by atoms with van der Waals surface area (Å²) in [5, 5.41) is 6.89. The van der Waals surface area contributed by atoms with E-state index in [1.54, 1.807) is 18.4 Å². The number of hydrogen-bond donors (Lipinski definition) is 1. The molecule has 0 saturated carbocycles. The van der Waals surface area contributed by atoms with Gasteiger partial charge in [0.2, 0.25) is 0 Å². The van der Waals surface area contributed by atoms with Gasteiger partial charge in [-0.1, -0.05) is 25.1 Å². The molecule has 0 aliphatic heterocycles. The van der Waals surface area contributed by atoms with Gasteiger partial charge in [-0.25, -0.2) is 4.98 Å². The van der Waals surface area contributed by atoms with Gasteiger partial charge in [0.25, 0.3) is 0 Å². The molecule has 0 spiro atoms. The van der Waals surface area contributed by atoms with E-state index in [0.717, 1.165) is 29.4 Å². The van der Waals surface area contributed by atoms with Crippen LogP contribution in [0.15, 0.2) is 29.6 Å². The van der Waals surface area contributed by atoms with E-state index < -0.39 is 0 Å². The molecule has 0 amide bonds. The molecular formula is C16H22N2OS. The molecule has 0 aliphatic rings. The molecule has 0 fully saturated rings. The fourth-order valence-electron chi connectivity index (χ4n) is 2.10. The molecule has 3 nitrogen and oxygen atoms in total. The van der Waals surface area contributed by atoms with Crippen LogP contribution in [0.4, 0.5) is 0 Å². The SMILES string of the molecule is CC[C@](C)(NCc1ccccc1OC)c1nc(C)cs1. The van der Waals surface area contributed by atoms with Crippen LogP contribution in [-0.2, 0) is 12.1 Å². The van der Waals surface area contributed by atoms with Gasteiger partial charge in [0.15, 0.2) is 0 Å². The Morgan fingerprint density at radius 2 is 2.10 bits per heavy atom. The number of rotatable bonds is 6. The quantitative estimate of drug-likeness (QED) is 0.877. The summed E-state index contributed by atoms with van der Waals surface area (Å²) < 4.78 is 5.40. The van der Waals surface area contributed by atoms with E-state index in [1.165, 1.54) is 5.56 Å². The molecule has 0 saturated heterocycles. The van der Waals surface area contributed by atoms with E-state index in [1.807, 2.05) is 25.1 Å². The molecule has 20 heavy (non-hydrogen) atoms. The first kappa shape index (κ1) is 15.0. The van der Waals surface area contributed by atoms with Gasteiger partial charge in [0, 0.05) is 23.2 Å². The van der Waals surface area contributed by atoms with Crippen molar-refractivity contribution < 1.29 is 4.74 Å². The molecule has 1 heterocycles. The Morgan fingerprint density at radius 1 is 1.35 bits per heavy atom. The number of thiazole rings is 1. The number of aryl methyl sites for hydroxylation is 1. The van der Waals surface area contributed by atoms with Crippen molar-refractivity contribution in [2.75, 3.05) is 7.11 Å². The van der Waals surface area contributed by atoms with Crippen LogP contribution in [0.1, 0.15) is 36.5 Å². The number of para-hydroxylation sites is 1. The number of benzene rings is 1. The minimum Gasteiger partial charge on any atom is -0.496 e. The standard InChI is InChI=1S/C16H22N2OS/c1-5-16(3,15-18-12(2)11-20-15)17-10-13-8-6-7-9-14(13)19-4/h6-9,11,17H,5,10H2,1-4H3/t16-/m0/s1. The fraction of sp³-hybridized carbons (Fsp3) is 0.438. The molecule has 0 bridgehead atoms. The van der Waals surface area contributed by atoms with E-state index in [0.29, 0.717) is 0 Å². The van der Waals surface area contributed by atoms with E-state index in [2.05, 4.69) is 35.6 Å². The highest BCUT2D eigenvalue weighted by Crippen LogP contribution is 2.28. The molecule has 1 aromatic carbocycles. The third kappa shape index (κ3) is 3.19. The molecular weight excluding hydrogens is 268 g/mol. The van der Waals surface area contributed by atoms with Crippen LogP contribution in [0.25, 0.3) is 0 Å². The number of hydrogen-bond acceptors (Lipinski definition) is 4. The molecule has 1 N–H and O–H groups in total. The average molecular weight is 290 g/mol. The summed E-state index contributed by atoms with van der Waals surface area (Å²) in [6.45, 7) is 7.20. The molecule has 0 unspecified atom stereocenters. The lowest BCUT2D eigenvalue weighted by molar-refractivity contribution is 0.343. The second-order valence-corrected chi connectivity index (χ2v) is 6.00. The van der Waals surface area contributed by atoms with Crippen LogP contribution in [0.2, 0.25) is 0 Å². The smallest absolute Gasteiger partial charge is 0.123 e. The maximum Gasteiger partial charge on any atom is 0.123 e. The number of ether oxygens (including phenoxy) is 1. The Bertz CT molecular complexity index is 567. The molecule has 1 atom stereocenters. The van der Waals surface area contributed by atoms with Gasteiger partial charge in [-0.3, -0.25) is 0 Å². The highest BCUT2D eigenvalue weighted by atomic mass is 32.1. The fourth-order valence-corrected chi connectivity index (χ4v) is 3.11. The van der Waals surface area contributed by atoms with Crippen LogP contribution in [0.3, 0.4) is 0 Å². The average Bonchev–Trinajstić information content (AvgIpc) is 2.92. The third-order valence-corrected chi connectivity index (χ3v) is 4.88. The second-order valence-electron chi connectivity index (χ2n) is 5.15. The zero-order valence-electron chi connectivity index (χ0n) is 12.6. The lowest BCUT2D eigenvalue weighted by Crippen LogP contribution is -2.38. The Hall–Kier alpha value is -1.39. The molecule has 2 rings (SSSR count). The van der Waals surface area contributed by atoms with Crippen molar-refractivity contribution in [3.63, 3.8) is 0 Å². The summed E-state index contributed by atoms with van der Waals surface area (Å²) in [5.74, 6) is 0.925. The van der Waals surface area contributed by atoms with Crippen LogP contribution in [-0.4, -0.2) is 12.1 Å². The Morgan fingerprint density at radius 3 is 2.70 bits per heavy atom. The van der Waals surface area contributed by atoms with Crippen molar-refractivity contribution in [2.24, 2.45) is 0 Å². The summed E-state index contributed by atoms with van der Waals surface area (Å²) in [6.07, 6.45) is 0.995. The third-order valence-electron chi connectivity index (χ3n) is 3.66. The predicted octanol–water partition coefficient (Wildman–Crippen LogP) is 3.88. The van der Waals surface area contributed by atoms with E-state index >= 15 is 0 Å². The van der Waals surface area contributed by atoms with Crippen LogP contribution >= 0.6 is 11.3 Å². The molecule has 0 aliphatic carbocycles. The van der Waals surface area contributed by atoms with E-state index in [9.17, 15) is 0 Å². The second kappa shape index (κ2) is 6.37. The minimum atomic E-state index is -0.0974. The minimum absolute atomic E-state index is 0.0974. The molecule has 1 aromatic heterocycles. The van der Waals surface area contributed by atoms with Crippen LogP contribution < -0.4 is 10.1 Å². The summed E-state index contributed by atoms with van der Waals surface area (Å²) in [4.78, 5) is 4.63. The van der Waals surface area contributed by atoms with Gasteiger partial charge < -0.3 is 10.1 Å². The van der Waals surface area contributed by atoms with Gasteiger partial charge in [-0.15, -0.1) is 11.3 Å². The maximum atomic E-state index is 5.40. The Labute approximate surface area is 125 Å². The largest absolute Gasteiger partial charge is 0.496 e. The number of methoxy groups -OCH3 is 1. The molecule has 2 aromatic rings. The van der Waals surface area contributed by atoms with E-state index in [4.69, 9.17) is 4.74 Å². The van der Waals surface area contributed by atoms with Crippen molar-refractivity contribution >= 4 is 11.3 Å². The summed E-state index contributed by atoms with van der Waals surface area (Å²) in [7, 11) is 1.71. The van der Waals surface area contributed by atoms with Gasteiger partial charge in [0.1, 0.15) is 10.8 Å². The number of aromatic nitrogens is 1.